The van der Waals surface area contributed by atoms with E-state index in [1.807, 2.05) is 36.2 Å². The van der Waals surface area contributed by atoms with Crippen molar-refractivity contribution in [3.05, 3.63) is 89.6 Å². The summed E-state index contributed by atoms with van der Waals surface area (Å²) in [4.78, 5) is 30.5. The lowest BCUT2D eigenvalue weighted by molar-refractivity contribution is 0.0600. The average Bonchev–Trinajstić information content (AvgIpc) is 2.74. The number of aromatic nitrogens is 1. The van der Waals surface area contributed by atoms with Gasteiger partial charge < -0.3 is 15.0 Å². The number of hydrogen-bond donors (Lipinski definition) is 1. The van der Waals surface area contributed by atoms with Gasteiger partial charge in [-0.15, -0.1) is 0 Å². The second-order valence-corrected chi connectivity index (χ2v) is 6.27. The zero-order chi connectivity index (χ0) is 19.9. The monoisotopic (exact) mass is 375 g/mol. The normalized spacial score (nSPS) is 10.2. The van der Waals surface area contributed by atoms with E-state index >= 15 is 0 Å². The van der Waals surface area contributed by atoms with Crippen LogP contribution in [0, 0.1) is 0 Å². The molecular weight excluding hydrogens is 354 g/mol. The van der Waals surface area contributed by atoms with Crippen LogP contribution in [0.3, 0.4) is 0 Å². The van der Waals surface area contributed by atoms with Gasteiger partial charge in [-0.1, -0.05) is 36.4 Å². The second kappa shape index (κ2) is 8.81. The number of hydrogen-bond acceptors (Lipinski definition) is 5. The van der Waals surface area contributed by atoms with E-state index < -0.39 is 5.97 Å². The second-order valence-electron chi connectivity index (χ2n) is 6.27. The molecule has 142 valence electrons. The van der Waals surface area contributed by atoms with Crippen LogP contribution in [0.2, 0.25) is 0 Å². The number of carbonyl (C=O) groups excluding carboxylic acids is 2. The fraction of sp³-hybridized carbons (Fsp3) is 0.136. The molecule has 0 fully saturated rings. The highest BCUT2D eigenvalue weighted by molar-refractivity contribution is 6.04. The molecule has 6 nitrogen and oxygen atoms in total. The molecule has 0 atom stereocenters. The number of ether oxygens (including phenoxy) is 1. The molecule has 0 aliphatic heterocycles. The molecule has 1 N–H and O–H groups in total. The molecule has 0 aliphatic carbocycles. The van der Waals surface area contributed by atoms with E-state index in [0.29, 0.717) is 16.8 Å². The highest BCUT2D eigenvalue weighted by Crippen LogP contribution is 2.16. The van der Waals surface area contributed by atoms with Gasteiger partial charge in [0.15, 0.2) is 0 Å². The van der Waals surface area contributed by atoms with Crippen LogP contribution in [0.5, 0.6) is 0 Å². The molecule has 3 rings (SSSR count). The molecule has 1 aromatic heterocycles. The molecule has 0 radical (unpaired) electrons. The Morgan fingerprint density at radius 1 is 1.00 bits per heavy atom. The number of benzene rings is 2. The predicted octanol–water partition coefficient (Wildman–Crippen LogP) is 3.76. The molecule has 1 amide bonds. The van der Waals surface area contributed by atoms with Gasteiger partial charge in [-0.3, -0.25) is 4.79 Å². The lowest BCUT2D eigenvalue weighted by atomic mass is 10.2. The number of amides is 1. The smallest absolute Gasteiger partial charge is 0.337 e. The van der Waals surface area contributed by atoms with E-state index in [2.05, 4.69) is 22.4 Å². The summed E-state index contributed by atoms with van der Waals surface area (Å²) in [6.07, 6.45) is 1.54. The first kappa shape index (κ1) is 19.1. The Morgan fingerprint density at radius 3 is 2.46 bits per heavy atom. The van der Waals surface area contributed by atoms with Crippen LogP contribution in [0.25, 0.3) is 0 Å². The van der Waals surface area contributed by atoms with Gasteiger partial charge in [0.2, 0.25) is 0 Å². The summed E-state index contributed by atoms with van der Waals surface area (Å²) in [6, 6.07) is 20.2. The minimum Gasteiger partial charge on any atom is -0.465 e. The molecule has 0 saturated carbocycles. The van der Waals surface area contributed by atoms with Gasteiger partial charge in [0.05, 0.1) is 18.2 Å². The quantitative estimate of drug-likeness (QED) is 0.664. The van der Waals surface area contributed by atoms with E-state index in [1.54, 1.807) is 30.3 Å². The molecule has 28 heavy (non-hydrogen) atoms. The Hall–Kier alpha value is -3.67. The lowest BCUT2D eigenvalue weighted by Crippen LogP contribution is -2.18. The van der Waals surface area contributed by atoms with Crippen molar-refractivity contribution in [2.75, 3.05) is 24.4 Å². The van der Waals surface area contributed by atoms with E-state index in [9.17, 15) is 9.59 Å². The number of rotatable bonds is 6. The Labute approximate surface area is 163 Å². The van der Waals surface area contributed by atoms with Gasteiger partial charge >= 0.3 is 5.97 Å². The van der Waals surface area contributed by atoms with E-state index in [-0.39, 0.29) is 5.91 Å². The van der Waals surface area contributed by atoms with Crippen LogP contribution >= 0.6 is 0 Å². The van der Waals surface area contributed by atoms with Crippen LogP contribution in [0.15, 0.2) is 72.9 Å². The maximum atomic E-state index is 12.5. The highest BCUT2D eigenvalue weighted by atomic mass is 16.5. The summed E-state index contributed by atoms with van der Waals surface area (Å²) < 4.78 is 4.69. The summed E-state index contributed by atoms with van der Waals surface area (Å²) >= 11 is 0. The third-order valence-electron chi connectivity index (χ3n) is 4.21. The van der Waals surface area contributed by atoms with Crippen molar-refractivity contribution in [2.45, 2.75) is 6.54 Å². The number of nitrogens with zero attached hydrogens (tertiary/aromatic N) is 2. The topological polar surface area (TPSA) is 71.5 Å². The highest BCUT2D eigenvalue weighted by Gasteiger charge is 2.11. The molecule has 0 spiro atoms. The van der Waals surface area contributed by atoms with E-state index in [0.717, 1.165) is 12.4 Å². The van der Waals surface area contributed by atoms with Gasteiger partial charge in [0.1, 0.15) is 5.82 Å². The van der Waals surface area contributed by atoms with Gasteiger partial charge in [-0.2, -0.15) is 0 Å². The average molecular weight is 375 g/mol. The molecule has 2 aromatic carbocycles. The number of methoxy groups -OCH3 is 1. The van der Waals surface area contributed by atoms with E-state index in [1.165, 1.54) is 18.9 Å². The van der Waals surface area contributed by atoms with Crippen LogP contribution in [0.4, 0.5) is 11.5 Å². The largest absolute Gasteiger partial charge is 0.465 e. The first-order valence-corrected chi connectivity index (χ1v) is 8.77. The Kier molecular flexibility index (Phi) is 6.01. The Balaban J connectivity index is 1.66. The van der Waals surface area contributed by atoms with Gasteiger partial charge in [-0.05, 0) is 35.9 Å². The maximum absolute atomic E-state index is 12.5. The lowest BCUT2D eigenvalue weighted by Gasteiger charge is -2.18. The minimum atomic E-state index is -0.455. The minimum absolute atomic E-state index is 0.299. The van der Waals surface area contributed by atoms with Crippen LogP contribution in [0.1, 0.15) is 26.3 Å². The SMILES string of the molecule is COC(=O)c1cccc(NC(=O)c2ccc(N(C)Cc3ccccc3)nc2)c1. The molecule has 0 bridgehead atoms. The zero-order valence-corrected chi connectivity index (χ0v) is 15.8. The van der Waals surface area contributed by atoms with Crippen molar-refractivity contribution in [3.8, 4) is 0 Å². The van der Waals surface area contributed by atoms with Gasteiger partial charge in [-0.25, -0.2) is 9.78 Å². The summed E-state index contributed by atoms with van der Waals surface area (Å²) in [5.74, 6) is 0.0171. The van der Waals surface area contributed by atoms with Crippen LogP contribution in [-0.4, -0.2) is 31.0 Å². The number of esters is 1. The number of pyridine rings is 1. The zero-order valence-electron chi connectivity index (χ0n) is 15.8. The van der Waals surface area contributed by atoms with Crippen molar-refractivity contribution in [1.29, 1.82) is 0 Å². The molecule has 0 saturated heterocycles. The predicted molar refractivity (Wildman–Crippen MR) is 109 cm³/mol. The van der Waals surface area contributed by atoms with Crippen LogP contribution in [-0.2, 0) is 11.3 Å². The van der Waals surface area contributed by atoms with Crippen molar-refractivity contribution < 1.29 is 14.3 Å². The number of nitrogens with one attached hydrogen (secondary N) is 1. The third-order valence-corrected chi connectivity index (χ3v) is 4.21. The standard InChI is InChI=1S/C22H21N3O3/c1-25(15-16-7-4-3-5-8-16)20-12-11-18(14-23-20)21(26)24-19-10-6-9-17(13-19)22(27)28-2/h3-14H,15H2,1-2H3,(H,24,26). The van der Waals surface area contributed by atoms with Crippen molar-refractivity contribution in [3.63, 3.8) is 0 Å². The summed E-state index contributed by atoms with van der Waals surface area (Å²) in [6.45, 7) is 0.722. The van der Waals surface area contributed by atoms with Gasteiger partial charge in [0, 0.05) is 25.5 Å². The fourth-order valence-corrected chi connectivity index (χ4v) is 2.73. The Morgan fingerprint density at radius 2 is 1.79 bits per heavy atom. The number of anilines is 2. The third kappa shape index (κ3) is 4.73. The maximum Gasteiger partial charge on any atom is 0.337 e. The molecule has 3 aromatic rings. The first-order chi connectivity index (χ1) is 13.6. The van der Waals surface area contributed by atoms with E-state index in [4.69, 9.17) is 4.74 Å². The fourth-order valence-electron chi connectivity index (χ4n) is 2.73. The van der Waals surface area contributed by atoms with Gasteiger partial charge in [0.25, 0.3) is 5.91 Å². The van der Waals surface area contributed by atoms with Crippen LogP contribution < -0.4 is 10.2 Å². The molecule has 6 heteroatoms. The summed E-state index contributed by atoms with van der Waals surface area (Å²) in [5.41, 5.74) is 2.49. The number of carbonyl (C=O) groups is 2. The van der Waals surface area contributed by atoms with Crippen molar-refractivity contribution >= 4 is 23.4 Å². The molecular formula is C22H21N3O3. The molecule has 0 aliphatic rings. The summed E-state index contributed by atoms with van der Waals surface area (Å²) in [7, 11) is 3.27. The molecule has 0 unspecified atom stereocenters. The first-order valence-electron chi connectivity index (χ1n) is 8.77. The summed E-state index contributed by atoms with van der Waals surface area (Å²) in [5, 5.41) is 2.77. The Bertz CT molecular complexity index is 956. The van der Waals surface area contributed by atoms with Crippen molar-refractivity contribution in [1.82, 2.24) is 4.98 Å². The molecule has 1 heterocycles. The van der Waals surface area contributed by atoms with Crippen molar-refractivity contribution in [2.24, 2.45) is 0 Å².